The summed E-state index contributed by atoms with van der Waals surface area (Å²) in [5.74, 6) is -0.744. The van der Waals surface area contributed by atoms with Crippen molar-refractivity contribution in [3.05, 3.63) is 64.2 Å². The standard InChI is InChI=1S/C19H20N4O4/c24-18(13-22-8-4-5-9-22)20-16-10-14(11-17(12-16)23(26)27)19(25)21-15-6-2-1-3-7-15/h1-3,6-7,10-12H,4-5,8-9,13H2,(H,20,24)(H,21,25). The van der Waals surface area contributed by atoms with Gasteiger partial charge in [-0.25, -0.2) is 0 Å². The van der Waals surface area contributed by atoms with Crippen LogP contribution in [0, 0.1) is 10.1 Å². The van der Waals surface area contributed by atoms with Gasteiger partial charge in [0, 0.05) is 29.1 Å². The van der Waals surface area contributed by atoms with E-state index in [-0.39, 0.29) is 29.4 Å². The molecule has 0 unspecified atom stereocenters. The average Bonchev–Trinajstić information content (AvgIpc) is 3.15. The van der Waals surface area contributed by atoms with E-state index in [1.807, 2.05) is 11.0 Å². The minimum absolute atomic E-state index is 0.101. The van der Waals surface area contributed by atoms with Crippen molar-refractivity contribution in [3.63, 3.8) is 0 Å². The number of likely N-dealkylation sites (tertiary alicyclic amines) is 1. The van der Waals surface area contributed by atoms with Gasteiger partial charge in [0.05, 0.1) is 11.5 Å². The maximum absolute atomic E-state index is 12.5. The third-order valence-corrected chi connectivity index (χ3v) is 4.27. The smallest absolute Gasteiger partial charge is 0.272 e. The van der Waals surface area contributed by atoms with Crippen molar-refractivity contribution in [2.75, 3.05) is 30.3 Å². The predicted molar refractivity (Wildman–Crippen MR) is 102 cm³/mol. The largest absolute Gasteiger partial charge is 0.325 e. The monoisotopic (exact) mass is 368 g/mol. The lowest BCUT2D eigenvalue weighted by atomic mass is 10.1. The third kappa shape index (κ3) is 5.11. The molecule has 1 fully saturated rings. The molecule has 8 nitrogen and oxygen atoms in total. The lowest BCUT2D eigenvalue weighted by molar-refractivity contribution is -0.384. The molecule has 1 heterocycles. The molecule has 0 radical (unpaired) electrons. The third-order valence-electron chi connectivity index (χ3n) is 4.27. The second-order valence-corrected chi connectivity index (χ2v) is 6.38. The van der Waals surface area contributed by atoms with Crippen LogP contribution in [0.5, 0.6) is 0 Å². The zero-order valence-electron chi connectivity index (χ0n) is 14.7. The van der Waals surface area contributed by atoms with Crippen molar-refractivity contribution >= 4 is 28.9 Å². The van der Waals surface area contributed by atoms with Crippen LogP contribution in [0.4, 0.5) is 17.1 Å². The number of benzene rings is 2. The highest BCUT2D eigenvalue weighted by atomic mass is 16.6. The van der Waals surface area contributed by atoms with Crippen LogP contribution in [0.3, 0.4) is 0 Å². The van der Waals surface area contributed by atoms with E-state index in [4.69, 9.17) is 0 Å². The van der Waals surface area contributed by atoms with E-state index in [0.717, 1.165) is 25.9 Å². The van der Waals surface area contributed by atoms with Crippen LogP contribution in [0.2, 0.25) is 0 Å². The van der Waals surface area contributed by atoms with Crippen LogP contribution in [0.1, 0.15) is 23.2 Å². The van der Waals surface area contributed by atoms with Crippen LogP contribution < -0.4 is 10.6 Å². The molecule has 1 saturated heterocycles. The summed E-state index contributed by atoms with van der Waals surface area (Å²) in [6.07, 6.45) is 2.13. The normalized spacial score (nSPS) is 13.9. The van der Waals surface area contributed by atoms with E-state index in [9.17, 15) is 19.7 Å². The summed E-state index contributed by atoms with van der Waals surface area (Å²) in [6.45, 7) is 1.97. The number of amides is 2. The summed E-state index contributed by atoms with van der Waals surface area (Å²) in [5, 5.41) is 16.5. The number of para-hydroxylation sites is 1. The first-order valence-corrected chi connectivity index (χ1v) is 8.69. The molecule has 0 bridgehead atoms. The van der Waals surface area contributed by atoms with Crippen molar-refractivity contribution in [1.29, 1.82) is 0 Å². The Bertz CT molecular complexity index is 848. The molecule has 0 aliphatic carbocycles. The molecule has 2 aromatic carbocycles. The summed E-state index contributed by atoms with van der Waals surface area (Å²) >= 11 is 0. The van der Waals surface area contributed by atoms with Gasteiger partial charge in [-0.2, -0.15) is 0 Å². The first-order valence-electron chi connectivity index (χ1n) is 8.69. The van der Waals surface area contributed by atoms with Gasteiger partial charge in [-0.3, -0.25) is 24.6 Å². The Morgan fingerprint density at radius 2 is 1.70 bits per heavy atom. The number of nitrogens with zero attached hydrogens (tertiary/aromatic N) is 2. The number of carbonyl (C=O) groups excluding carboxylic acids is 2. The van der Waals surface area contributed by atoms with E-state index in [1.54, 1.807) is 24.3 Å². The molecule has 0 spiro atoms. The van der Waals surface area contributed by atoms with E-state index < -0.39 is 10.8 Å². The van der Waals surface area contributed by atoms with Gasteiger partial charge in [0.15, 0.2) is 0 Å². The maximum Gasteiger partial charge on any atom is 0.272 e. The average molecular weight is 368 g/mol. The zero-order chi connectivity index (χ0) is 19.2. The Morgan fingerprint density at radius 1 is 1.00 bits per heavy atom. The molecule has 27 heavy (non-hydrogen) atoms. The summed E-state index contributed by atoms with van der Waals surface area (Å²) < 4.78 is 0. The van der Waals surface area contributed by atoms with Gasteiger partial charge in [0.2, 0.25) is 5.91 Å². The van der Waals surface area contributed by atoms with Crippen molar-refractivity contribution < 1.29 is 14.5 Å². The van der Waals surface area contributed by atoms with E-state index in [0.29, 0.717) is 5.69 Å². The molecule has 3 rings (SSSR count). The predicted octanol–water partition coefficient (Wildman–Crippen LogP) is 2.88. The van der Waals surface area contributed by atoms with Crippen LogP contribution in [0.25, 0.3) is 0 Å². The van der Waals surface area contributed by atoms with E-state index in [1.165, 1.54) is 18.2 Å². The highest BCUT2D eigenvalue weighted by molar-refractivity contribution is 6.06. The van der Waals surface area contributed by atoms with Gasteiger partial charge in [-0.15, -0.1) is 0 Å². The molecule has 2 aromatic rings. The Hall–Kier alpha value is -3.26. The Balaban J connectivity index is 1.76. The number of hydrogen-bond acceptors (Lipinski definition) is 5. The fourth-order valence-corrected chi connectivity index (χ4v) is 2.99. The van der Waals surface area contributed by atoms with Crippen molar-refractivity contribution in [3.8, 4) is 0 Å². The quantitative estimate of drug-likeness (QED) is 0.603. The molecule has 0 atom stereocenters. The molecular weight excluding hydrogens is 348 g/mol. The minimum atomic E-state index is -0.588. The molecule has 0 saturated carbocycles. The highest BCUT2D eigenvalue weighted by Gasteiger charge is 2.18. The van der Waals surface area contributed by atoms with Gasteiger partial charge in [0.1, 0.15) is 0 Å². The first-order chi connectivity index (χ1) is 13.0. The highest BCUT2D eigenvalue weighted by Crippen LogP contribution is 2.22. The van der Waals surface area contributed by atoms with Gasteiger partial charge in [-0.05, 0) is 44.1 Å². The maximum atomic E-state index is 12.5. The van der Waals surface area contributed by atoms with E-state index in [2.05, 4.69) is 10.6 Å². The second kappa shape index (κ2) is 8.41. The first kappa shape index (κ1) is 18.5. The number of nitro benzene ring substituents is 1. The Kier molecular flexibility index (Phi) is 5.77. The number of nitrogens with one attached hydrogen (secondary N) is 2. The molecule has 2 N–H and O–H groups in total. The van der Waals surface area contributed by atoms with Crippen LogP contribution in [-0.2, 0) is 4.79 Å². The number of rotatable bonds is 6. The van der Waals surface area contributed by atoms with Gasteiger partial charge in [0.25, 0.3) is 11.6 Å². The molecule has 2 amide bonds. The van der Waals surface area contributed by atoms with Crippen molar-refractivity contribution in [1.82, 2.24) is 4.90 Å². The minimum Gasteiger partial charge on any atom is -0.325 e. The summed E-state index contributed by atoms with van der Waals surface area (Å²) in [6, 6.07) is 12.7. The van der Waals surface area contributed by atoms with Gasteiger partial charge >= 0.3 is 0 Å². The van der Waals surface area contributed by atoms with Crippen LogP contribution in [0.15, 0.2) is 48.5 Å². The summed E-state index contributed by atoms with van der Waals surface area (Å²) in [7, 11) is 0. The molecular formula is C19H20N4O4. The Labute approximate surface area is 156 Å². The van der Waals surface area contributed by atoms with E-state index >= 15 is 0 Å². The number of carbonyl (C=O) groups is 2. The number of non-ortho nitro benzene ring substituents is 1. The fraction of sp³-hybridized carbons (Fsp3) is 0.263. The molecule has 8 heteroatoms. The second-order valence-electron chi connectivity index (χ2n) is 6.38. The number of anilines is 2. The number of nitro groups is 1. The van der Waals surface area contributed by atoms with Gasteiger partial charge in [-0.1, -0.05) is 18.2 Å². The lowest BCUT2D eigenvalue weighted by Gasteiger charge is -2.14. The Morgan fingerprint density at radius 3 is 2.37 bits per heavy atom. The summed E-state index contributed by atoms with van der Waals surface area (Å²) in [4.78, 5) is 37.3. The number of hydrogen-bond donors (Lipinski definition) is 2. The molecule has 1 aliphatic rings. The van der Waals surface area contributed by atoms with Crippen LogP contribution >= 0.6 is 0 Å². The molecule has 140 valence electrons. The molecule has 1 aliphatic heterocycles. The fourth-order valence-electron chi connectivity index (χ4n) is 2.99. The topological polar surface area (TPSA) is 105 Å². The lowest BCUT2D eigenvalue weighted by Crippen LogP contribution is -2.31. The zero-order valence-corrected chi connectivity index (χ0v) is 14.7. The van der Waals surface area contributed by atoms with Crippen LogP contribution in [-0.4, -0.2) is 41.3 Å². The van der Waals surface area contributed by atoms with Crippen molar-refractivity contribution in [2.24, 2.45) is 0 Å². The summed E-state index contributed by atoms with van der Waals surface area (Å²) in [5.41, 5.74) is 0.650. The van der Waals surface area contributed by atoms with Crippen molar-refractivity contribution in [2.45, 2.75) is 12.8 Å². The molecule has 0 aromatic heterocycles. The SMILES string of the molecule is O=C(CN1CCCC1)Nc1cc(C(=O)Nc2ccccc2)cc([N+](=O)[O-])c1. The van der Waals surface area contributed by atoms with Gasteiger partial charge < -0.3 is 10.6 Å².